The third-order valence-corrected chi connectivity index (χ3v) is 6.38. The van der Waals surface area contributed by atoms with Gasteiger partial charge >= 0.3 is 0 Å². The van der Waals surface area contributed by atoms with Crippen molar-refractivity contribution >= 4 is 17.7 Å². The lowest BCUT2D eigenvalue weighted by atomic mass is 9.75. The van der Waals surface area contributed by atoms with Gasteiger partial charge in [0.05, 0.1) is 5.41 Å². The molecule has 0 spiro atoms. The summed E-state index contributed by atoms with van der Waals surface area (Å²) in [6, 6.07) is 17.8. The average molecular weight is 405 g/mol. The highest BCUT2D eigenvalue weighted by Crippen LogP contribution is 2.44. The Morgan fingerprint density at radius 1 is 0.967 bits per heavy atom. The summed E-state index contributed by atoms with van der Waals surface area (Å²) in [6.07, 6.45) is 1.84. The molecule has 4 rings (SSSR count). The molecule has 1 aliphatic heterocycles. The Kier molecular flexibility index (Phi) is 5.46. The molecule has 2 fully saturated rings. The third kappa shape index (κ3) is 3.53. The van der Waals surface area contributed by atoms with Gasteiger partial charge in [-0.05, 0) is 43.4 Å². The molecule has 0 N–H and O–H groups in total. The minimum atomic E-state index is -1.10. The van der Waals surface area contributed by atoms with Gasteiger partial charge in [0.15, 0.2) is 0 Å². The van der Waals surface area contributed by atoms with Crippen molar-refractivity contribution < 1.29 is 14.4 Å². The molecule has 5 nitrogen and oxygen atoms in total. The van der Waals surface area contributed by atoms with Crippen molar-refractivity contribution in [1.29, 1.82) is 0 Å². The monoisotopic (exact) mass is 404 g/mol. The van der Waals surface area contributed by atoms with Crippen LogP contribution in [0.3, 0.4) is 0 Å². The largest absolute Gasteiger partial charge is 0.343 e. The molecule has 0 radical (unpaired) electrons. The summed E-state index contributed by atoms with van der Waals surface area (Å²) < 4.78 is 0. The van der Waals surface area contributed by atoms with Gasteiger partial charge in [0.2, 0.25) is 17.7 Å². The van der Waals surface area contributed by atoms with Crippen molar-refractivity contribution in [2.24, 2.45) is 0 Å². The fraction of sp³-hybridized carbons (Fsp3) is 0.400. The first-order valence-corrected chi connectivity index (χ1v) is 10.8. The molecule has 2 aromatic carbocycles. The Balaban J connectivity index is 1.71. The molecule has 1 aliphatic carbocycles. The molecule has 0 bridgehead atoms. The van der Waals surface area contributed by atoms with Crippen molar-refractivity contribution in [3.8, 4) is 11.1 Å². The Hall–Kier alpha value is -2.95. The third-order valence-electron chi connectivity index (χ3n) is 6.38. The highest BCUT2D eigenvalue weighted by atomic mass is 16.2. The standard InChI is InChI=1S/C25H28N2O3/c1-3-26(4-2)22(28)16-25(17-23(29)27(24(25)30)21-14-15-21)20-12-10-19(11-13-20)18-8-6-5-7-9-18/h5-13,21H,3-4,14-17H2,1-2H3/t25-/m0/s1. The molecule has 1 atom stereocenters. The molecule has 0 unspecified atom stereocenters. The Morgan fingerprint density at radius 3 is 2.13 bits per heavy atom. The molecule has 3 amide bonds. The topological polar surface area (TPSA) is 57.7 Å². The molecule has 2 aliphatic rings. The number of rotatable bonds is 7. The zero-order valence-electron chi connectivity index (χ0n) is 17.6. The number of likely N-dealkylation sites (tertiary alicyclic amines) is 1. The van der Waals surface area contributed by atoms with Crippen LogP contribution in [-0.2, 0) is 19.8 Å². The maximum absolute atomic E-state index is 13.5. The van der Waals surface area contributed by atoms with Gasteiger partial charge in [0, 0.05) is 32.0 Å². The lowest BCUT2D eigenvalue weighted by Crippen LogP contribution is -2.44. The molecule has 30 heavy (non-hydrogen) atoms. The number of amides is 3. The number of hydrogen-bond donors (Lipinski definition) is 0. The SMILES string of the molecule is CCN(CC)C(=O)C[C@@]1(c2ccc(-c3ccccc3)cc2)CC(=O)N(C2CC2)C1=O. The zero-order chi connectivity index (χ0) is 21.3. The van der Waals surface area contributed by atoms with E-state index >= 15 is 0 Å². The van der Waals surface area contributed by atoms with Gasteiger partial charge in [-0.15, -0.1) is 0 Å². The predicted molar refractivity (Wildman–Crippen MR) is 116 cm³/mol. The van der Waals surface area contributed by atoms with E-state index in [1.807, 2.05) is 68.4 Å². The van der Waals surface area contributed by atoms with Crippen LogP contribution in [0.5, 0.6) is 0 Å². The van der Waals surface area contributed by atoms with Crippen molar-refractivity contribution in [2.75, 3.05) is 13.1 Å². The molecule has 1 saturated carbocycles. The van der Waals surface area contributed by atoms with Gasteiger partial charge in [0.25, 0.3) is 0 Å². The van der Waals surface area contributed by atoms with E-state index in [2.05, 4.69) is 0 Å². The molecule has 1 heterocycles. The number of hydrogen-bond acceptors (Lipinski definition) is 3. The average Bonchev–Trinajstić information content (AvgIpc) is 3.56. The predicted octanol–water partition coefficient (Wildman–Crippen LogP) is 3.77. The number of carbonyl (C=O) groups is 3. The summed E-state index contributed by atoms with van der Waals surface area (Å²) in [5.74, 6) is -0.434. The zero-order valence-corrected chi connectivity index (χ0v) is 17.6. The van der Waals surface area contributed by atoms with Gasteiger partial charge in [-0.2, -0.15) is 0 Å². The lowest BCUT2D eigenvalue weighted by Gasteiger charge is -2.30. The van der Waals surface area contributed by atoms with Crippen LogP contribution in [0.25, 0.3) is 11.1 Å². The second kappa shape index (κ2) is 8.05. The van der Waals surface area contributed by atoms with Crippen LogP contribution in [0.4, 0.5) is 0 Å². The summed E-state index contributed by atoms with van der Waals surface area (Å²) in [7, 11) is 0. The highest BCUT2D eigenvalue weighted by molar-refractivity contribution is 6.11. The van der Waals surface area contributed by atoms with Crippen LogP contribution in [0.1, 0.15) is 45.1 Å². The summed E-state index contributed by atoms with van der Waals surface area (Å²) in [4.78, 5) is 42.5. The maximum Gasteiger partial charge on any atom is 0.241 e. The molecular formula is C25H28N2O3. The van der Waals surface area contributed by atoms with E-state index in [4.69, 9.17) is 0 Å². The minimum Gasteiger partial charge on any atom is -0.343 e. The summed E-state index contributed by atoms with van der Waals surface area (Å²) in [6.45, 7) is 5.04. The Labute approximate surface area is 177 Å². The minimum absolute atomic E-state index is 0.0130. The molecular weight excluding hydrogens is 376 g/mol. The van der Waals surface area contributed by atoms with Crippen molar-refractivity contribution in [1.82, 2.24) is 9.80 Å². The van der Waals surface area contributed by atoms with E-state index < -0.39 is 5.41 Å². The highest BCUT2D eigenvalue weighted by Gasteiger charge is 2.57. The van der Waals surface area contributed by atoms with E-state index in [9.17, 15) is 14.4 Å². The van der Waals surface area contributed by atoms with Crippen LogP contribution >= 0.6 is 0 Å². The van der Waals surface area contributed by atoms with E-state index in [1.54, 1.807) is 4.90 Å². The molecule has 2 aromatic rings. The normalized spacial score (nSPS) is 21.2. The molecule has 0 aromatic heterocycles. The van der Waals surface area contributed by atoms with E-state index in [-0.39, 0.29) is 36.6 Å². The van der Waals surface area contributed by atoms with E-state index in [0.717, 1.165) is 29.5 Å². The van der Waals surface area contributed by atoms with Crippen molar-refractivity contribution in [2.45, 2.75) is 51.0 Å². The maximum atomic E-state index is 13.5. The summed E-state index contributed by atoms with van der Waals surface area (Å²) in [5, 5.41) is 0. The van der Waals surface area contributed by atoms with Crippen LogP contribution in [0, 0.1) is 0 Å². The quantitative estimate of drug-likeness (QED) is 0.660. The van der Waals surface area contributed by atoms with Crippen molar-refractivity contribution in [3.05, 3.63) is 60.2 Å². The van der Waals surface area contributed by atoms with Gasteiger partial charge in [-0.3, -0.25) is 19.3 Å². The lowest BCUT2D eigenvalue weighted by molar-refractivity contribution is -0.143. The molecule has 5 heteroatoms. The number of imide groups is 1. The van der Waals surface area contributed by atoms with Crippen molar-refractivity contribution in [3.63, 3.8) is 0 Å². The van der Waals surface area contributed by atoms with Gasteiger partial charge in [-0.25, -0.2) is 0 Å². The number of benzene rings is 2. The first kappa shape index (κ1) is 20.3. The second-order valence-corrected chi connectivity index (χ2v) is 8.25. The number of nitrogens with zero attached hydrogens (tertiary/aromatic N) is 2. The van der Waals surface area contributed by atoms with Gasteiger partial charge in [-0.1, -0.05) is 54.6 Å². The van der Waals surface area contributed by atoms with Crippen LogP contribution in [0.15, 0.2) is 54.6 Å². The van der Waals surface area contributed by atoms with Crippen LogP contribution in [-0.4, -0.2) is 46.7 Å². The first-order chi connectivity index (χ1) is 14.5. The smallest absolute Gasteiger partial charge is 0.241 e. The van der Waals surface area contributed by atoms with Gasteiger partial charge < -0.3 is 4.90 Å². The van der Waals surface area contributed by atoms with Crippen LogP contribution in [0.2, 0.25) is 0 Å². The van der Waals surface area contributed by atoms with Crippen LogP contribution < -0.4 is 0 Å². The Morgan fingerprint density at radius 2 is 1.57 bits per heavy atom. The summed E-state index contributed by atoms with van der Waals surface area (Å²) >= 11 is 0. The fourth-order valence-corrected chi connectivity index (χ4v) is 4.49. The fourth-order valence-electron chi connectivity index (χ4n) is 4.49. The Bertz CT molecular complexity index is 946. The number of carbonyl (C=O) groups excluding carboxylic acids is 3. The van der Waals surface area contributed by atoms with E-state index in [1.165, 1.54) is 4.90 Å². The molecule has 1 saturated heterocycles. The second-order valence-electron chi connectivity index (χ2n) is 8.25. The first-order valence-electron chi connectivity index (χ1n) is 10.8. The summed E-state index contributed by atoms with van der Waals surface area (Å²) in [5.41, 5.74) is 1.78. The van der Waals surface area contributed by atoms with E-state index in [0.29, 0.717) is 13.1 Å². The van der Waals surface area contributed by atoms with Gasteiger partial charge in [0.1, 0.15) is 0 Å². The molecule has 156 valence electrons.